The molecule has 0 aliphatic carbocycles. The Morgan fingerprint density at radius 2 is 1.94 bits per heavy atom. The molecule has 0 aliphatic rings. The highest BCUT2D eigenvalue weighted by atomic mass is 35.5. The Bertz CT molecular complexity index is 1110. The van der Waals surface area contributed by atoms with Gasteiger partial charge in [-0.2, -0.15) is 4.68 Å². The molecule has 2 aromatic heterocycles. The lowest BCUT2D eigenvalue weighted by atomic mass is 10.1. The van der Waals surface area contributed by atoms with Gasteiger partial charge < -0.3 is 14.0 Å². The summed E-state index contributed by atoms with van der Waals surface area (Å²) >= 11 is 6.35. The predicted molar refractivity (Wildman–Crippen MR) is 124 cm³/mol. The lowest BCUT2D eigenvalue weighted by Crippen LogP contribution is -2.26. The Kier molecular flexibility index (Phi) is 7.08. The SMILES string of the molecule is Cc1cc(OCc2nn(COCC[Si](C)(C)C)c(=O)n2C)c(-c2cncn2C)cc1Cl. The maximum absolute atomic E-state index is 12.5. The Labute approximate surface area is 188 Å². The maximum Gasteiger partial charge on any atom is 0.347 e. The van der Waals surface area contributed by atoms with Crippen molar-refractivity contribution in [2.45, 2.75) is 45.9 Å². The molecule has 2 heterocycles. The molecule has 0 saturated carbocycles. The van der Waals surface area contributed by atoms with Crippen molar-refractivity contribution in [3.8, 4) is 17.0 Å². The minimum absolute atomic E-state index is 0.136. The van der Waals surface area contributed by atoms with Gasteiger partial charge in [-0.15, -0.1) is 5.10 Å². The first-order chi connectivity index (χ1) is 14.6. The minimum Gasteiger partial charge on any atom is -0.485 e. The fourth-order valence-corrected chi connectivity index (χ4v) is 3.93. The first kappa shape index (κ1) is 23.3. The zero-order valence-corrected chi connectivity index (χ0v) is 20.7. The van der Waals surface area contributed by atoms with Crippen molar-refractivity contribution >= 4 is 19.7 Å². The third-order valence-electron chi connectivity index (χ3n) is 5.05. The van der Waals surface area contributed by atoms with Crippen molar-refractivity contribution in [1.82, 2.24) is 23.9 Å². The summed E-state index contributed by atoms with van der Waals surface area (Å²) in [5.74, 6) is 1.17. The van der Waals surface area contributed by atoms with Crippen LogP contribution in [0.2, 0.25) is 30.7 Å². The van der Waals surface area contributed by atoms with Crippen LogP contribution in [0.15, 0.2) is 29.5 Å². The molecular formula is C21H30ClN5O3Si. The number of ether oxygens (including phenoxy) is 2. The van der Waals surface area contributed by atoms with Crippen LogP contribution in [0.1, 0.15) is 11.4 Å². The van der Waals surface area contributed by atoms with Crippen LogP contribution >= 0.6 is 11.6 Å². The molecule has 3 aromatic rings. The van der Waals surface area contributed by atoms with Gasteiger partial charge >= 0.3 is 5.69 Å². The van der Waals surface area contributed by atoms with E-state index < -0.39 is 8.07 Å². The molecule has 0 bridgehead atoms. The molecule has 0 amide bonds. The zero-order chi connectivity index (χ0) is 22.8. The standard InChI is InChI=1S/C21H30ClN5O3Si/c1-15-9-19(16(10-17(15)22)18-11-23-13-25(18)2)30-12-20-24-27(21(28)26(20)3)14-29-7-8-31(4,5)6/h9-11,13H,7-8,12,14H2,1-6H3. The van der Waals surface area contributed by atoms with Crippen molar-refractivity contribution < 1.29 is 9.47 Å². The average Bonchev–Trinajstić information content (AvgIpc) is 3.23. The van der Waals surface area contributed by atoms with Gasteiger partial charge in [0, 0.05) is 39.4 Å². The quantitative estimate of drug-likeness (QED) is 0.356. The van der Waals surface area contributed by atoms with E-state index >= 15 is 0 Å². The topological polar surface area (TPSA) is 76.1 Å². The molecule has 168 valence electrons. The van der Waals surface area contributed by atoms with Crippen molar-refractivity contribution in [1.29, 1.82) is 0 Å². The van der Waals surface area contributed by atoms with Crippen LogP contribution in [0.3, 0.4) is 0 Å². The molecule has 0 saturated heterocycles. The number of hydrogen-bond donors (Lipinski definition) is 0. The molecule has 0 atom stereocenters. The van der Waals surface area contributed by atoms with Crippen LogP contribution in [0.4, 0.5) is 0 Å². The van der Waals surface area contributed by atoms with Crippen LogP contribution in [-0.4, -0.2) is 38.6 Å². The summed E-state index contributed by atoms with van der Waals surface area (Å²) in [7, 11) is 2.41. The van der Waals surface area contributed by atoms with Crippen molar-refractivity contribution in [2.24, 2.45) is 14.1 Å². The summed E-state index contributed by atoms with van der Waals surface area (Å²) in [5.41, 5.74) is 2.38. The van der Waals surface area contributed by atoms with Crippen molar-refractivity contribution in [3.63, 3.8) is 0 Å². The fourth-order valence-electron chi connectivity index (χ4n) is 3.01. The van der Waals surface area contributed by atoms with Gasteiger partial charge in [-0.05, 0) is 30.7 Å². The molecule has 0 N–H and O–H groups in total. The van der Waals surface area contributed by atoms with Crippen LogP contribution < -0.4 is 10.4 Å². The summed E-state index contributed by atoms with van der Waals surface area (Å²) in [5, 5.41) is 5.04. The highest BCUT2D eigenvalue weighted by molar-refractivity contribution is 6.76. The molecule has 3 rings (SSSR count). The Hall–Kier alpha value is -2.36. The monoisotopic (exact) mass is 463 g/mol. The molecule has 1 aromatic carbocycles. The highest BCUT2D eigenvalue weighted by Crippen LogP contribution is 2.34. The second kappa shape index (κ2) is 9.42. The smallest absolute Gasteiger partial charge is 0.347 e. The Balaban J connectivity index is 1.75. The third-order valence-corrected chi connectivity index (χ3v) is 7.16. The second-order valence-corrected chi connectivity index (χ2v) is 14.9. The first-order valence-corrected chi connectivity index (χ1v) is 14.3. The van der Waals surface area contributed by atoms with Gasteiger partial charge in [0.05, 0.1) is 18.2 Å². The van der Waals surface area contributed by atoms with Crippen LogP contribution in [-0.2, 0) is 32.2 Å². The van der Waals surface area contributed by atoms with Gasteiger partial charge in [-0.25, -0.2) is 9.78 Å². The van der Waals surface area contributed by atoms with E-state index in [1.165, 1.54) is 9.25 Å². The molecule has 0 spiro atoms. The fraction of sp³-hybridized carbons (Fsp3) is 0.476. The molecule has 0 fully saturated rings. The molecule has 0 aliphatic heterocycles. The molecular weight excluding hydrogens is 434 g/mol. The van der Waals surface area contributed by atoms with Gasteiger partial charge in [-0.3, -0.25) is 4.57 Å². The van der Waals surface area contributed by atoms with Gasteiger partial charge in [0.1, 0.15) is 19.1 Å². The molecule has 0 radical (unpaired) electrons. The van der Waals surface area contributed by atoms with Gasteiger partial charge in [0.2, 0.25) is 0 Å². The normalized spacial score (nSPS) is 11.8. The van der Waals surface area contributed by atoms with E-state index in [0.717, 1.165) is 22.9 Å². The number of benzene rings is 1. The maximum atomic E-state index is 12.5. The number of rotatable bonds is 9. The second-order valence-electron chi connectivity index (χ2n) is 8.88. The van der Waals surface area contributed by atoms with Crippen LogP contribution in [0.25, 0.3) is 11.3 Å². The number of aryl methyl sites for hydroxylation is 2. The molecule has 8 nitrogen and oxygen atoms in total. The summed E-state index contributed by atoms with van der Waals surface area (Å²) in [6.45, 7) is 9.69. The lowest BCUT2D eigenvalue weighted by molar-refractivity contribution is 0.0752. The lowest BCUT2D eigenvalue weighted by Gasteiger charge is -2.15. The van der Waals surface area contributed by atoms with E-state index in [1.54, 1.807) is 19.6 Å². The summed E-state index contributed by atoms with van der Waals surface area (Å²) in [6, 6.07) is 4.80. The zero-order valence-electron chi connectivity index (χ0n) is 19.0. The first-order valence-electron chi connectivity index (χ1n) is 10.2. The number of halogens is 1. The number of imidazole rings is 1. The van der Waals surface area contributed by atoms with Crippen LogP contribution in [0.5, 0.6) is 5.75 Å². The number of hydrogen-bond acceptors (Lipinski definition) is 5. The van der Waals surface area contributed by atoms with Gasteiger partial charge in [-0.1, -0.05) is 31.2 Å². The average molecular weight is 464 g/mol. The highest BCUT2D eigenvalue weighted by Gasteiger charge is 2.16. The molecule has 0 unspecified atom stereocenters. The summed E-state index contributed by atoms with van der Waals surface area (Å²) < 4.78 is 16.5. The van der Waals surface area contributed by atoms with Gasteiger partial charge in [0.15, 0.2) is 5.82 Å². The minimum atomic E-state index is -1.18. The molecule has 10 heteroatoms. The van der Waals surface area contributed by atoms with Crippen molar-refractivity contribution in [3.05, 3.63) is 51.6 Å². The number of aromatic nitrogens is 5. The van der Waals surface area contributed by atoms with Crippen LogP contribution in [0, 0.1) is 6.92 Å². The summed E-state index contributed by atoms with van der Waals surface area (Å²) in [4.78, 5) is 16.7. The third kappa shape index (κ3) is 5.66. The Morgan fingerprint density at radius 1 is 1.19 bits per heavy atom. The van der Waals surface area contributed by atoms with E-state index in [1.807, 2.05) is 30.7 Å². The largest absolute Gasteiger partial charge is 0.485 e. The number of nitrogens with zero attached hydrogens (tertiary/aromatic N) is 5. The van der Waals surface area contributed by atoms with Gasteiger partial charge in [0.25, 0.3) is 0 Å². The summed E-state index contributed by atoms with van der Waals surface area (Å²) in [6.07, 6.45) is 3.48. The molecule has 31 heavy (non-hydrogen) atoms. The van der Waals surface area contributed by atoms with E-state index in [0.29, 0.717) is 23.2 Å². The van der Waals surface area contributed by atoms with E-state index in [9.17, 15) is 4.79 Å². The van der Waals surface area contributed by atoms with E-state index in [-0.39, 0.29) is 19.0 Å². The Morgan fingerprint density at radius 3 is 2.58 bits per heavy atom. The predicted octanol–water partition coefficient (Wildman–Crippen LogP) is 3.84. The van der Waals surface area contributed by atoms with E-state index in [2.05, 4.69) is 29.7 Å². The van der Waals surface area contributed by atoms with E-state index in [4.69, 9.17) is 21.1 Å². The van der Waals surface area contributed by atoms with Crippen molar-refractivity contribution in [2.75, 3.05) is 6.61 Å².